The second-order valence-corrected chi connectivity index (χ2v) is 10.9. The fourth-order valence-corrected chi connectivity index (χ4v) is 4.17. The first-order valence-electron chi connectivity index (χ1n) is 15.7. The van der Waals surface area contributed by atoms with Crippen molar-refractivity contribution in [2.45, 2.75) is 44.2 Å². The van der Waals surface area contributed by atoms with Gasteiger partial charge in [0.25, 0.3) is 0 Å². The molecular weight excluding hydrogens is 646 g/mol. The molecule has 49 heavy (non-hydrogen) atoms. The van der Waals surface area contributed by atoms with Crippen molar-refractivity contribution in [2.75, 3.05) is 66.1 Å². The topological polar surface area (TPSA) is 213 Å². The minimum Gasteiger partial charge on any atom is -0.481 e. The van der Waals surface area contributed by atoms with Crippen LogP contribution in [-0.4, -0.2) is 117 Å². The van der Waals surface area contributed by atoms with Gasteiger partial charge in [-0.2, -0.15) is 0 Å². The van der Waals surface area contributed by atoms with E-state index in [9.17, 15) is 24.0 Å². The quantitative estimate of drug-likeness (QED) is 0.0746. The molecule has 0 aliphatic rings. The van der Waals surface area contributed by atoms with E-state index in [1.165, 1.54) is 0 Å². The van der Waals surface area contributed by atoms with Crippen LogP contribution in [0.2, 0.25) is 0 Å². The maximum atomic E-state index is 12.8. The van der Waals surface area contributed by atoms with E-state index < -0.39 is 35.3 Å². The van der Waals surface area contributed by atoms with Gasteiger partial charge in [0.1, 0.15) is 12.1 Å². The number of carbonyl (C=O) groups is 5. The maximum absolute atomic E-state index is 12.8. The molecule has 0 unspecified atom stereocenters. The van der Waals surface area contributed by atoms with Gasteiger partial charge in [-0.05, 0) is 16.7 Å². The van der Waals surface area contributed by atoms with Crippen molar-refractivity contribution in [3.8, 4) is 11.1 Å². The summed E-state index contributed by atoms with van der Waals surface area (Å²) in [6, 6.07) is 17.7. The number of hydrogen-bond acceptors (Lipinski definition) is 11. The largest absolute Gasteiger partial charge is 0.481 e. The summed E-state index contributed by atoms with van der Waals surface area (Å²) in [5.74, 6) is -4.17. The first-order valence-corrected chi connectivity index (χ1v) is 15.7. The lowest BCUT2D eigenvalue weighted by Gasteiger charge is -2.34. The number of rotatable bonds is 28. The number of aliphatic carboxylic acids is 3. The first-order chi connectivity index (χ1) is 23.6. The Balaban J connectivity index is 1.70. The van der Waals surface area contributed by atoms with Crippen LogP contribution in [0.5, 0.6) is 0 Å². The van der Waals surface area contributed by atoms with Crippen LogP contribution in [0, 0.1) is 0 Å². The lowest BCUT2D eigenvalue weighted by molar-refractivity contribution is -0.146. The summed E-state index contributed by atoms with van der Waals surface area (Å²) < 4.78 is 32.5. The predicted octanol–water partition coefficient (Wildman–Crippen LogP) is 2.54. The average molecular weight is 692 g/mol. The second-order valence-electron chi connectivity index (χ2n) is 10.9. The molecule has 1 amide bonds. The van der Waals surface area contributed by atoms with Crippen molar-refractivity contribution in [1.82, 2.24) is 5.32 Å². The van der Waals surface area contributed by atoms with Crippen molar-refractivity contribution in [2.24, 2.45) is 0 Å². The Morgan fingerprint density at radius 2 is 0.980 bits per heavy atom. The summed E-state index contributed by atoms with van der Waals surface area (Å²) in [7, 11) is 0. The Morgan fingerprint density at radius 1 is 0.531 bits per heavy atom. The van der Waals surface area contributed by atoms with E-state index in [1.807, 2.05) is 54.6 Å². The molecule has 0 atom stereocenters. The second kappa shape index (κ2) is 23.8. The van der Waals surface area contributed by atoms with Gasteiger partial charge in [-0.15, -0.1) is 0 Å². The number of nitrogens with one attached hydrogen (secondary N) is 1. The molecule has 0 fully saturated rings. The summed E-state index contributed by atoms with van der Waals surface area (Å²) in [5.41, 5.74) is 1.67. The van der Waals surface area contributed by atoms with Crippen LogP contribution >= 0.6 is 0 Å². The molecule has 4 N–H and O–H groups in total. The Morgan fingerprint density at radius 3 is 1.47 bits per heavy atom. The summed E-state index contributed by atoms with van der Waals surface area (Å²) in [6.07, 6.45) is -0.940. The van der Waals surface area contributed by atoms with Crippen LogP contribution in [0.25, 0.3) is 11.1 Å². The van der Waals surface area contributed by atoms with Crippen LogP contribution in [0.15, 0.2) is 54.6 Å². The SMILES string of the molecule is O=C(O)CCOCC(COCCC(=O)O)(COCCC(=O)O)NC(=O)CCOCCOCCC(=O)OCc1ccc(-c2ccccc2)cc1. The Kier molecular flexibility index (Phi) is 19.8. The number of benzene rings is 2. The van der Waals surface area contributed by atoms with Crippen molar-refractivity contribution in [1.29, 1.82) is 0 Å². The highest BCUT2D eigenvalue weighted by Crippen LogP contribution is 2.19. The summed E-state index contributed by atoms with van der Waals surface area (Å²) in [6.45, 7) is -0.666. The smallest absolute Gasteiger partial charge is 0.308 e. The lowest BCUT2D eigenvalue weighted by atomic mass is 10.0. The summed E-state index contributed by atoms with van der Waals surface area (Å²) in [4.78, 5) is 57.5. The molecule has 0 spiro atoms. The molecule has 0 aliphatic carbocycles. The zero-order valence-electron chi connectivity index (χ0n) is 27.3. The molecule has 0 aromatic heterocycles. The van der Waals surface area contributed by atoms with E-state index in [-0.39, 0.29) is 105 Å². The first kappa shape index (κ1) is 40.8. The molecule has 2 aromatic rings. The zero-order valence-corrected chi connectivity index (χ0v) is 27.3. The molecular formula is C34H45NO14. The molecule has 0 bridgehead atoms. The number of esters is 1. The molecule has 270 valence electrons. The van der Waals surface area contributed by atoms with Gasteiger partial charge in [-0.3, -0.25) is 24.0 Å². The van der Waals surface area contributed by atoms with Crippen LogP contribution < -0.4 is 5.32 Å². The van der Waals surface area contributed by atoms with Gasteiger partial charge in [0, 0.05) is 6.42 Å². The third-order valence-electron chi connectivity index (χ3n) is 6.68. The van der Waals surface area contributed by atoms with Crippen molar-refractivity contribution in [3.05, 3.63) is 60.2 Å². The number of carboxylic acids is 3. The molecule has 2 aromatic carbocycles. The van der Waals surface area contributed by atoms with Crippen LogP contribution in [0.4, 0.5) is 0 Å². The molecule has 2 rings (SSSR count). The summed E-state index contributed by atoms with van der Waals surface area (Å²) in [5, 5.41) is 29.4. The van der Waals surface area contributed by atoms with Crippen LogP contribution in [0.1, 0.15) is 37.7 Å². The fourth-order valence-electron chi connectivity index (χ4n) is 4.17. The third kappa shape index (κ3) is 19.2. The predicted molar refractivity (Wildman–Crippen MR) is 173 cm³/mol. The third-order valence-corrected chi connectivity index (χ3v) is 6.68. The number of hydrogen-bond donors (Lipinski definition) is 4. The van der Waals surface area contributed by atoms with E-state index in [0.717, 1.165) is 16.7 Å². The Hall–Kier alpha value is -4.41. The molecule has 0 aliphatic heterocycles. The molecule has 15 nitrogen and oxygen atoms in total. The normalized spacial score (nSPS) is 11.2. The molecule has 0 radical (unpaired) electrons. The van der Waals surface area contributed by atoms with E-state index in [0.29, 0.717) is 0 Å². The minimum atomic E-state index is -1.37. The van der Waals surface area contributed by atoms with Gasteiger partial charge in [-0.1, -0.05) is 54.6 Å². The summed E-state index contributed by atoms with van der Waals surface area (Å²) >= 11 is 0. The lowest BCUT2D eigenvalue weighted by Crippen LogP contribution is -2.59. The Labute approximate surface area is 284 Å². The molecule has 15 heteroatoms. The minimum absolute atomic E-state index is 0.00991. The van der Waals surface area contributed by atoms with E-state index in [1.54, 1.807) is 0 Å². The standard InChI is InChI=1S/C34H45NO14/c36-29(35-34(23-46-16-11-30(37)38,24-47-17-12-31(39)40)25-48-18-13-32(41)42)10-15-44-20-21-45-19-14-33(43)49-22-26-6-8-28(9-7-26)27-4-2-1-3-5-27/h1-9H,10-25H2,(H,35,36)(H,37,38)(H,39,40)(H,41,42). The van der Waals surface area contributed by atoms with Gasteiger partial charge in [0.05, 0.1) is 91.8 Å². The van der Waals surface area contributed by atoms with Gasteiger partial charge in [0.2, 0.25) is 5.91 Å². The van der Waals surface area contributed by atoms with Crippen molar-refractivity contribution >= 4 is 29.8 Å². The monoisotopic (exact) mass is 691 g/mol. The Bertz CT molecular complexity index is 1230. The van der Waals surface area contributed by atoms with E-state index in [4.69, 9.17) is 43.7 Å². The highest BCUT2D eigenvalue weighted by Gasteiger charge is 2.34. The maximum Gasteiger partial charge on any atom is 0.308 e. The number of carboxylic acid groups (broad SMARTS) is 3. The van der Waals surface area contributed by atoms with Gasteiger partial charge in [0.15, 0.2) is 0 Å². The van der Waals surface area contributed by atoms with E-state index >= 15 is 0 Å². The number of amides is 1. The van der Waals surface area contributed by atoms with Gasteiger partial charge >= 0.3 is 23.9 Å². The highest BCUT2D eigenvalue weighted by atomic mass is 16.5. The average Bonchev–Trinajstić information content (AvgIpc) is 3.07. The van der Waals surface area contributed by atoms with Crippen LogP contribution in [-0.2, 0) is 59.0 Å². The van der Waals surface area contributed by atoms with Crippen molar-refractivity contribution < 1.29 is 67.7 Å². The number of ether oxygens (including phenoxy) is 6. The van der Waals surface area contributed by atoms with Crippen LogP contribution in [0.3, 0.4) is 0 Å². The zero-order chi connectivity index (χ0) is 35.7. The number of carbonyl (C=O) groups excluding carboxylic acids is 2. The van der Waals surface area contributed by atoms with Crippen molar-refractivity contribution in [3.63, 3.8) is 0 Å². The molecule has 0 heterocycles. The van der Waals surface area contributed by atoms with Gasteiger partial charge in [-0.25, -0.2) is 0 Å². The highest BCUT2D eigenvalue weighted by molar-refractivity contribution is 5.77. The molecule has 0 saturated heterocycles. The van der Waals surface area contributed by atoms with E-state index in [2.05, 4.69) is 5.32 Å². The van der Waals surface area contributed by atoms with Gasteiger partial charge < -0.3 is 49.1 Å². The fraction of sp³-hybridized carbons (Fsp3) is 0.500. The molecule has 0 saturated carbocycles.